The lowest BCUT2D eigenvalue weighted by molar-refractivity contribution is 1.16. The van der Waals surface area contributed by atoms with E-state index in [2.05, 4.69) is 31.4 Å². The van der Waals surface area contributed by atoms with E-state index in [1.807, 2.05) is 0 Å². The van der Waals surface area contributed by atoms with Gasteiger partial charge in [0.25, 0.3) is 0 Å². The summed E-state index contributed by atoms with van der Waals surface area (Å²) in [4.78, 5) is 0. The van der Waals surface area contributed by atoms with Crippen LogP contribution < -0.4 is 5.73 Å². The second kappa shape index (κ2) is 3.04. The van der Waals surface area contributed by atoms with Crippen LogP contribution in [0.2, 0.25) is 0 Å². The van der Waals surface area contributed by atoms with E-state index in [9.17, 15) is 0 Å². The molecule has 1 aromatic carbocycles. The highest BCUT2D eigenvalue weighted by atomic mass is 32.1. The monoisotopic (exact) mass is 191 g/mol. The number of rotatable bonds is 1. The minimum Gasteiger partial charge on any atom is -0.399 e. The number of hydrogen-bond donors (Lipinski definition) is 1. The number of fused-ring (bicyclic) bond motifs is 1. The van der Waals surface area contributed by atoms with Crippen molar-refractivity contribution < 1.29 is 0 Å². The van der Waals surface area contributed by atoms with Crippen molar-refractivity contribution in [3.63, 3.8) is 0 Å². The van der Waals surface area contributed by atoms with E-state index in [0.717, 1.165) is 12.1 Å². The highest BCUT2D eigenvalue weighted by Crippen LogP contribution is 2.31. The van der Waals surface area contributed by atoms with Crippen LogP contribution in [0.3, 0.4) is 0 Å². The number of hydrogen-bond acceptors (Lipinski definition) is 2. The molecule has 0 spiro atoms. The molecule has 0 amide bonds. The third-order valence-electron chi connectivity index (χ3n) is 2.34. The second-order valence-corrected chi connectivity index (χ2v) is 4.24. The van der Waals surface area contributed by atoms with Crippen molar-refractivity contribution in [1.29, 1.82) is 0 Å². The van der Waals surface area contributed by atoms with Crippen LogP contribution in [0.15, 0.2) is 17.5 Å². The van der Waals surface area contributed by atoms with E-state index < -0.39 is 0 Å². The minimum absolute atomic E-state index is 0.881. The van der Waals surface area contributed by atoms with Gasteiger partial charge >= 0.3 is 0 Å². The van der Waals surface area contributed by atoms with Crippen molar-refractivity contribution >= 4 is 27.1 Å². The Morgan fingerprint density at radius 1 is 1.38 bits per heavy atom. The molecule has 0 radical (unpaired) electrons. The van der Waals surface area contributed by atoms with Crippen molar-refractivity contribution in [2.75, 3.05) is 5.73 Å². The predicted octanol–water partition coefficient (Wildman–Crippen LogP) is 3.35. The Kier molecular flexibility index (Phi) is 2.00. The summed E-state index contributed by atoms with van der Waals surface area (Å²) in [6.07, 6.45) is 1.05. The van der Waals surface area contributed by atoms with E-state index in [1.165, 1.54) is 21.2 Å². The summed E-state index contributed by atoms with van der Waals surface area (Å²) in [6.45, 7) is 4.33. The van der Waals surface area contributed by atoms with Gasteiger partial charge in [-0.2, -0.15) is 0 Å². The molecule has 13 heavy (non-hydrogen) atoms. The van der Waals surface area contributed by atoms with Crippen LogP contribution in [0.25, 0.3) is 10.1 Å². The zero-order valence-corrected chi connectivity index (χ0v) is 8.74. The average molecular weight is 191 g/mol. The number of thiophene rings is 1. The Hall–Kier alpha value is -1.02. The Morgan fingerprint density at radius 2 is 2.15 bits per heavy atom. The Balaban J connectivity index is 2.85. The SMILES string of the molecule is CCc1cc(N)cc2scc(C)c12. The highest BCUT2D eigenvalue weighted by Gasteiger charge is 2.05. The molecule has 0 unspecified atom stereocenters. The lowest BCUT2D eigenvalue weighted by Gasteiger charge is -2.02. The first-order valence-electron chi connectivity index (χ1n) is 4.48. The molecule has 0 atom stereocenters. The summed E-state index contributed by atoms with van der Waals surface area (Å²) in [5.41, 5.74) is 9.44. The fourth-order valence-corrected chi connectivity index (χ4v) is 2.76. The number of anilines is 1. The van der Waals surface area contributed by atoms with Crippen LogP contribution in [0, 0.1) is 6.92 Å². The van der Waals surface area contributed by atoms with E-state index >= 15 is 0 Å². The maximum Gasteiger partial charge on any atom is 0.0368 e. The van der Waals surface area contributed by atoms with Gasteiger partial charge in [0.2, 0.25) is 0 Å². The van der Waals surface area contributed by atoms with Crippen LogP contribution in [-0.4, -0.2) is 0 Å². The normalized spacial score (nSPS) is 10.9. The van der Waals surface area contributed by atoms with Gasteiger partial charge in [-0.1, -0.05) is 6.92 Å². The van der Waals surface area contributed by atoms with Gasteiger partial charge in [-0.25, -0.2) is 0 Å². The molecule has 68 valence electrons. The molecular formula is C11H13NS. The lowest BCUT2D eigenvalue weighted by Crippen LogP contribution is -1.88. The van der Waals surface area contributed by atoms with Crippen LogP contribution in [0.4, 0.5) is 5.69 Å². The van der Waals surface area contributed by atoms with Crippen molar-refractivity contribution in [2.24, 2.45) is 0 Å². The molecule has 0 saturated carbocycles. The Labute approximate surface area is 82.2 Å². The molecule has 0 bridgehead atoms. The van der Waals surface area contributed by atoms with Gasteiger partial charge in [0.05, 0.1) is 0 Å². The van der Waals surface area contributed by atoms with Gasteiger partial charge in [-0.3, -0.25) is 0 Å². The van der Waals surface area contributed by atoms with Gasteiger partial charge in [0, 0.05) is 10.4 Å². The molecule has 1 heterocycles. The molecule has 2 rings (SSSR count). The summed E-state index contributed by atoms with van der Waals surface area (Å²) >= 11 is 1.78. The van der Waals surface area contributed by atoms with Crippen LogP contribution in [-0.2, 0) is 6.42 Å². The summed E-state index contributed by atoms with van der Waals surface area (Å²) < 4.78 is 1.31. The van der Waals surface area contributed by atoms with Crippen molar-refractivity contribution in [3.05, 3.63) is 28.6 Å². The minimum atomic E-state index is 0.881. The molecule has 2 N–H and O–H groups in total. The first-order chi connectivity index (χ1) is 6.22. The third-order valence-corrected chi connectivity index (χ3v) is 3.39. The van der Waals surface area contributed by atoms with Crippen LogP contribution >= 0.6 is 11.3 Å². The fourth-order valence-electron chi connectivity index (χ4n) is 1.73. The smallest absolute Gasteiger partial charge is 0.0368 e. The largest absolute Gasteiger partial charge is 0.399 e. The number of benzene rings is 1. The van der Waals surface area contributed by atoms with Crippen LogP contribution in [0.1, 0.15) is 18.1 Å². The standard InChI is InChI=1S/C11H13NS/c1-3-8-4-9(12)5-10-11(8)7(2)6-13-10/h4-6H,3,12H2,1-2H3. The molecule has 2 aromatic rings. The Morgan fingerprint density at radius 3 is 2.85 bits per heavy atom. The van der Waals surface area contributed by atoms with Gasteiger partial charge in [-0.05, 0) is 47.4 Å². The van der Waals surface area contributed by atoms with Crippen LogP contribution in [0.5, 0.6) is 0 Å². The van der Waals surface area contributed by atoms with Gasteiger partial charge in [0.1, 0.15) is 0 Å². The topological polar surface area (TPSA) is 26.0 Å². The second-order valence-electron chi connectivity index (χ2n) is 3.33. The van der Waals surface area contributed by atoms with Crippen molar-refractivity contribution in [3.8, 4) is 0 Å². The fraction of sp³-hybridized carbons (Fsp3) is 0.273. The van der Waals surface area contributed by atoms with E-state index in [4.69, 9.17) is 5.73 Å². The summed E-state index contributed by atoms with van der Waals surface area (Å²) in [5.74, 6) is 0. The van der Waals surface area contributed by atoms with E-state index in [1.54, 1.807) is 11.3 Å². The number of aryl methyl sites for hydroxylation is 2. The molecule has 0 fully saturated rings. The highest BCUT2D eigenvalue weighted by molar-refractivity contribution is 7.17. The van der Waals surface area contributed by atoms with Gasteiger partial charge < -0.3 is 5.73 Å². The maximum absolute atomic E-state index is 5.82. The molecule has 0 saturated heterocycles. The first-order valence-corrected chi connectivity index (χ1v) is 5.36. The van der Waals surface area contributed by atoms with Crippen molar-refractivity contribution in [2.45, 2.75) is 20.3 Å². The Bertz CT molecular complexity index is 443. The molecule has 0 aliphatic carbocycles. The van der Waals surface area contributed by atoms with Crippen molar-refractivity contribution in [1.82, 2.24) is 0 Å². The van der Waals surface area contributed by atoms with E-state index in [0.29, 0.717) is 0 Å². The third kappa shape index (κ3) is 1.31. The van der Waals surface area contributed by atoms with Gasteiger partial charge in [0.15, 0.2) is 0 Å². The summed E-state index contributed by atoms with van der Waals surface area (Å²) in [6, 6.07) is 4.15. The maximum atomic E-state index is 5.82. The van der Waals surface area contributed by atoms with Gasteiger partial charge in [-0.15, -0.1) is 11.3 Å². The lowest BCUT2D eigenvalue weighted by atomic mass is 10.0. The molecule has 1 aromatic heterocycles. The molecular weight excluding hydrogens is 178 g/mol. The summed E-state index contributed by atoms with van der Waals surface area (Å²) in [5, 5.41) is 3.60. The number of nitrogen functional groups attached to an aromatic ring is 1. The zero-order valence-electron chi connectivity index (χ0n) is 7.92. The predicted molar refractivity (Wildman–Crippen MR) is 60.4 cm³/mol. The quantitative estimate of drug-likeness (QED) is 0.687. The van der Waals surface area contributed by atoms with E-state index in [-0.39, 0.29) is 0 Å². The number of nitrogens with two attached hydrogens (primary N) is 1. The molecule has 0 aliphatic rings. The average Bonchev–Trinajstić information content (AvgIpc) is 2.46. The zero-order chi connectivity index (χ0) is 9.42. The summed E-state index contributed by atoms with van der Waals surface area (Å²) in [7, 11) is 0. The first kappa shape index (κ1) is 8.57. The molecule has 0 aliphatic heterocycles. The molecule has 2 heteroatoms. The molecule has 1 nitrogen and oxygen atoms in total.